The van der Waals surface area contributed by atoms with Gasteiger partial charge in [0.2, 0.25) is 5.91 Å². The van der Waals surface area contributed by atoms with Crippen LogP contribution < -0.4 is 10.1 Å². The van der Waals surface area contributed by atoms with Crippen molar-refractivity contribution in [2.24, 2.45) is 0 Å². The lowest BCUT2D eigenvalue weighted by atomic mass is 10.2. The van der Waals surface area contributed by atoms with E-state index in [-0.39, 0.29) is 12.0 Å². The molecule has 1 heterocycles. The third-order valence-corrected chi connectivity index (χ3v) is 5.84. The van der Waals surface area contributed by atoms with Gasteiger partial charge in [0, 0.05) is 12.6 Å². The van der Waals surface area contributed by atoms with Gasteiger partial charge >= 0.3 is 0 Å². The van der Waals surface area contributed by atoms with Crippen LogP contribution in [0.15, 0.2) is 42.1 Å². The van der Waals surface area contributed by atoms with Gasteiger partial charge in [-0.3, -0.25) is 9.36 Å². The first-order valence-electron chi connectivity index (χ1n) is 9.77. The molecule has 1 amide bonds. The van der Waals surface area contributed by atoms with Crippen LogP contribution >= 0.6 is 11.8 Å². The quantitative estimate of drug-likeness (QED) is 0.508. The van der Waals surface area contributed by atoms with Crippen molar-refractivity contribution >= 4 is 17.7 Å². The van der Waals surface area contributed by atoms with Gasteiger partial charge in [0.05, 0.1) is 5.75 Å². The van der Waals surface area contributed by atoms with Gasteiger partial charge in [0.15, 0.2) is 17.1 Å². The Morgan fingerprint density at radius 3 is 2.86 bits per heavy atom. The van der Waals surface area contributed by atoms with Crippen LogP contribution in [0.25, 0.3) is 0 Å². The van der Waals surface area contributed by atoms with E-state index in [2.05, 4.69) is 22.1 Å². The van der Waals surface area contributed by atoms with Crippen LogP contribution in [-0.2, 0) is 11.3 Å². The average molecular weight is 401 g/mol. The lowest BCUT2D eigenvalue weighted by molar-refractivity contribution is -0.119. The lowest BCUT2D eigenvalue weighted by Gasteiger charge is -2.17. The van der Waals surface area contributed by atoms with Gasteiger partial charge in [-0.25, -0.2) is 0 Å². The molecule has 1 unspecified atom stereocenters. The number of aromatic nitrogens is 3. The number of amides is 1. The van der Waals surface area contributed by atoms with Crippen LogP contribution in [0.4, 0.5) is 0 Å². The molecule has 0 bridgehead atoms. The standard InChI is InChI=1S/C21H28N4O2S/c1-4-13-25-20(16(3)27-18-12-8-5-9-15(18)2)23-24-21(25)28-14-19(26)22-17-10-6-7-11-17/h4-5,8-9,12,16-17H,1,6-7,10-11,13-14H2,2-3H3,(H,22,26). The number of carbonyl (C=O) groups excluding carboxylic acids is 1. The van der Waals surface area contributed by atoms with Crippen molar-refractivity contribution in [1.82, 2.24) is 20.1 Å². The van der Waals surface area contributed by atoms with Crippen LogP contribution in [0.2, 0.25) is 0 Å². The summed E-state index contributed by atoms with van der Waals surface area (Å²) in [4.78, 5) is 12.2. The zero-order valence-corrected chi connectivity index (χ0v) is 17.4. The zero-order chi connectivity index (χ0) is 19.9. The van der Waals surface area contributed by atoms with Crippen LogP contribution in [0.3, 0.4) is 0 Å². The molecule has 1 aromatic heterocycles. The normalized spacial score (nSPS) is 15.4. The Hall–Kier alpha value is -2.28. The first kappa shape index (κ1) is 20.5. The maximum atomic E-state index is 12.2. The number of rotatable bonds is 9. The van der Waals surface area contributed by atoms with Crippen molar-refractivity contribution in [3.05, 3.63) is 48.3 Å². The van der Waals surface area contributed by atoms with E-state index < -0.39 is 0 Å². The minimum absolute atomic E-state index is 0.0517. The molecule has 0 aliphatic heterocycles. The van der Waals surface area contributed by atoms with Crippen molar-refractivity contribution < 1.29 is 9.53 Å². The highest BCUT2D eigenvalue weighted by Gasteiger charge is 2.21. The molecule has 28 heavy (non-hydrogen) atoms. The van der Waals surface area contributed by atoms with Gasteiger partial charge in [-0.2, -0.15) is 0 Å². The van der Waals surface area contributed by atoms with Crippen LogP contribution in [0.5, 0.6) is 5.75 Å². The molecular formula is C21H28N4O2S. The van der Waals surface area contributed by atoms with E-state index in [1.165, 1.54) is 24.6 Å². The van der Waals surface area contributed by atoms with Gasteiger partial charge < -0.3 is 10.1 Å². The fourth-order valence-electron chi connectivity index (χ4n) is 3.41. The predicted octanol–water partition coefficient (Wildman–Crippen LogP) is 4.06. The fraction of sp³-hybridized carbons (Fsp3) is 0.476. The Balaban J connectivity index is 1.65. The van der Waals surface area contributed by atoms with Crippen LogP contribution in [0, 0.1) is 6.92 Å². The third kappa shape index (κ3) is 5.16. The van der Waals surface area contributed by atoms with Crippen molar-refractivity contribution in [3.63, 3.8) is 0 Å². The molecule has 1 N–H and O–H groups in total. The topological polar surface area (TPSA) is 69.0 Å². The smallest absolute Gasteiger partial charge is 0.230 e. The number of hydrogen-bond acceptors (Lipinski definition) is 5. The van der Waals surface area contributed by atoms with Crippen LogP contribution in [-0.4, -0.2) is 32.5 Å². The maximum Gasteiger partial charge on any atom is 0.230 e. The van der Waals surface area contributed by atoms with E-state index >= 15 is 0 Å². The van der Waals surface area contributed by atoms with E-state index in [0.717, 1.165) is 30.0 Å². The average Bonchev–Trinajstić information content (AvgIpc) is 3.32. The molecule has 2 aromatic rings. The molecule has 0 saturated heterocycles. The predicted molar refractivity (Wildman–Crippen MR) is 112 cm³/mol. The summed E-state index contributed by atoms with van der Waals surface area (Å²) in [5, 5.41) is 12.4. The summed E-state index contributed by atoms with van der Waals surface area (Å²) in [6, 6.07) is 8.23. The molecule has 0 radical (unpaired) electrons. The number of benzene rings is 1. The Morgan fingerprint density at radius 1 is 1.39 bits per heavy atom. The third-order valence-electron chi connectivity index (χ3n) is 4.87. The second-order valence-corrected chi connectivity index (χ2v) is 8.05. The molecule has 7 heteroatoms. The van der Waals surface area contributed by atoms with E-state index in [0.29, 0.717) is 23.5 Å². The van der Waals surface area contributed by atoms with Gasteiger partial charge in [0.1, 0.15) is 5.75 Å². The zero-order valence-electron chi connectivity index (χ0n) is 16.6. The van der Waals surface area contributed by atoms with E-state index in [1.807, 2.05) is 42.7 Å². The number of para-hydroxylation sites is 1. The van der Waals surface area contributed by atoms with Gasteiger partial charge in [-0.15, -0.1) is 16.8 Å². The summed E-state index contributed by atoms with van der Waals surface area (Å²) in [6.07, 6.45) is 6.11. The number of ether oxygens (including phenoxy) is 1. The second-order valence-electron chi connectivity index (χ2n) is 7.10. The molecule has 1 atom stereocenters. The van der Waals surface area contributed by atoms with Crippen molar-refractivity contribution in [3.8, 4) is 5.75 Å². The SMILES string of the molecule is C=CCn1c(SCC(=O)NC2CCCC2)nnc1C(C)Oc1ccccc1C. The summed E-state index contributed by atoms with van der Waals surface area (Å²) in [5.41, 5.74) is 1.07. The minimum atomic E-state index is -0.268. The lowest BCUT2D eigenvalue weighted by Crippen LogP contribution is -2.33. The first-order chi connectivity index (χ1) is 13.6. The van der Waals surface area contributed by atoms with E-state index in [4.69, 9.17) is 4.74 Å². The van der Waals surface area contributed by atoms with Crippen molar-refractivity contribution in [2.75, 3.05) is 5.75 Å². The molecule has 1 aliphatic carbocycles. The number of carbonyl (C=O) groups is 1. The molecule has 150 valence electrons. The monoisotopic (exact) mass is 400 g/mol. The number of nitrogens with one attached hydrogen (secondary N) is 1. The number of aryl methyl sites for hydroxylation is 1. The molecule has 6 nitrogen and oxygen atoms in total. The summed E-state index contributed by atoms with van der Waals surface area (Å²) in [5.74, 6) is 1.93. The summed E-state index contributed by atoms with van der Waals surface area (Å²) < 4.78 is 8.06. The Kier molecular flexibility index (Phi) is 7.14. The maximum absolute atomic E-state index is 12.2. The second kappa shape index (κ2) is 9.78. The van der Waals surface area contributed by atoms with Crippen molar-refractivity contribution in [2.45, 2.75) is 63.4 Å². The molecule has 1 fully saturated rings. The molecule has 0 spiro atoms. The fourth-order valence-corrected chi connectivity index (χ4v) is 4.18. The number of hydrogen-bond donors (Lipinski definition) is 1. The van der Waals surface area contributed by atoms with E-state index in [1.54, 1.807) is 6.08 Å². The summed E-state index contributed by atoms with van der Waals surface area (Å²) in [7, 11) is 0. The highest BCUT2D eigenvalue weighted by Crippen LogP contribution is 2.26. The molecule has 1 aromatic carbocycles. The van der Waals surface area contributed by atoms with Gasteiger partial charge in [-0.1, -0.05) is 48.9 Å². The number of allylic oxidation sites excluding steroid dienone is 1. The largest absolute Gasteiger partial charge is 0.482 e. The number of nitrogens with zero attached hydrogens (tertiary/aromatic N) is 3. The summed E-state index contributed by atoms with van der Waals surface area (Å²) in [6.45, 7) is 8.37. The summed E-state index contributed by atoms with van der Waals surface area (Å²) >= 11 is 1.40. The molecule has 1 saturated carbocycles. The minimum Gasteiger partial charge on any atom is -0.482 e. The Labute approximate surface area is 170 Å². The van der Waals surface area contributed by atoms with Crippen molar-refractivity contribution in [1.29, 1.82) is 0 Å². The molecule has 3 rings (SSSR count). The van der Waals surface area contributed by atoms with Crippen LogP contribution in [0.1, 0.15) is 50.1 Å². The van der Waals surface area contributed by atoms with Gasteiger partial charge in [0.25, 0.3) is 0 Å². The highest BCUT2D eigenvalue weighted by atomic mass is 32.2. The van der Waals surface area contributed by atoms with E-state index in [9.17, 15) is 4.79 Å². The first-order valence-corrected chi connectivity index (χ1v) is 10.8. The Morgan fingerprint density at radius 2 is 2.14 bits per heavy atom. The highest BCUT2D eigenvalue weighted by molar-refractivity contribution is 7.99. The Bertz CT molecular complexity index is 814. The van der Waals surface area contributed by atoms with Gasteiger partial charge in [-0.05, 0) is 38.3 Å². The number of thioether (sulfide) groups is 1. The molecular weight excluding hydrogens is 372 g/mol. The molecule has 1 aliphatic rings.